The van der Waals surface area contributed by atoms with Gasteiger partial charge >= 0.3 is 0 Å². The lowest BCUT2D eigenvalue weighted by molar-refractivity contribution is -0.00522. The highest BCUT2D eigenvalue weighted by Crippen LogP contribution is 2.46. The Kier molecular flexibility index (Phi) is 6.46. The summed E-state index contributed by atoms with van der Waals surface area (Å²) in [6.07, 6.45) is 8.89. The highest BCUT2D eigenvalue weighted by molar-refractivity contribution is 5.64. The molecule has 0 N–H and O–H groups in total. The minimum Gasteiger partial charge on any atom is -0.372 e. The van der Waals surface area contributed by atoms with Crippen molar-refractivity contribution in [2.45, 2.75) is 84.3 Å². The molecule has 2 saturated carbocycles. The maximum atomic E-state index is 6.01. The Hall–Kier alpha value is -1.26. The van der Waals surface area contributed by atoms with E-state index in [0.29, 0.717) is 23.5 Å². The molecule has 2 aliphatic carbocycles. The first-order chi connectivity index (χ1) is 15.4. The van der Waals surface area contributed by atoms with Crippen LogP contribution in [-0.2, 0) is 4.74 Å². The second-order valence-electron chi connectivity index (χ2n) is 12.1. The van der Waals surface area contributed by atoms with E-state index in [-0.39, 0.29) is 0 Å². The molecule has 178 valence electrons. The van der Waals surface area contributed by atoms with E-state index in [1.807, 2.05) is 0 Å². The third-order valence-corrected chi connectivity index (χ3v) is 8.50. The Bertz CT molecular complexity index is 761. The van der Waals surface area contributed by atoms with E-state index >= 15 is 0 Å². The van der Waals surface area contributed by atoms with Crippen molar-refractivity contribution in [3.63, 3.8) is 0 Å². The van der Waals surface area contributed by atoms with Crippen LogP contribution < -0.4 is 9.80 Å². The average molecular weight is 440 g/mol. The summed E-state index contributed by atoms with van der Waals surface area (Å²) < 4.78 is 6.01. The first kappa shape index (κ1) is 22.5. The van der Waals surface area contributed by atoms with Gasteiger partial charge in [-0.25, -0.2) is 0 Å². The van der Waals surface area contributed by atoms with Gasteiger partial charge in [0, 0.05) is 57.2 Å². The maximum Gasteiger partial charge on any atom is 0.0726 e. The van der Waals surface area contributed by atoms with Crippen LogP contribution in [0.15, 0.2) is 18.2 Å². The lowest BCUT2D eigenvalue weighted by Crippen LogP contribution is -2.47. The summed E-state index contributed by atoms with van der Waals surface area (Å²) in [5.41, 5.74) is 5.07. The van der Waals surface area contributed by atoms with Crippen LogP contribution in [0, 0.1) is 11.3 Å². The molecule has 2 aliphatic heterocycles. The van der Waals surface area contributed by atoms with Crippen LogP contribution in [-0.4, -0.2) is 62.9 Å². The smallest absolute Gasteiger partial charge is 0.0726 e. The van der Waals surface area contributed by atoms with Crippen molar-refractivity contribution in [1.29, 1.82) is 0 Å². The van der Waals surface area contributed by atoms with Gasteiger partial charge in [-0.1, -0.05) is 13.8 Å². The molecule has 0 aromatic heterocycles. The molecule has 2 atom stereocenters. The first-order valence-electron chi connectivity index (χ1n) is 13.4. The van der Waals surface area contributed by atoms with Gasteiger partial charge < -0.3 is 14.5 Å². The van der Waals surface area contributed by atoms with E-state index in [9.17, 15) is 0 Å². The molecule has 0 spiro atoms. The SMILES string of the molecule is CC1CN(c2ccc(N3CCN(CC4CC4)CC3)c(C3CCC(C)(C)CC3)c2)CC(C)O1. The molecule has 1 aromatic rings. The van der Waals surface area contributed by atoms with Crippen LogP contribution in [0.5, 0.6) is 0 Å². The van der Waals surface area contributed by atoms with Gasteiger partial charge in [0.2, 0.25) is 0 Å². The minimum absolute atomic E-state index is 0.303. The van der Waals surface area contributed by atoms with Crippen LogP contribution in [0.4, 0.5) is 11.4 Å². The minimum atomic E-state index is 0.303. The highest BCUT2D eigenvalue weighted by atomic mass is 16.5. The molecule has 1 aromatic carbocycles. The largest absolute Gasteiger partial charge is 0.372 e. The van der Waals surface area contributed by atoms with Gasteiger partial charge in [0.15, 0.2) is 0 Å². The summed E-state index contributed by atoms with van der Waals surface area (Å²) in [5.74, 6) is 1.71. The lowest BCUT2D eigenvalue weighted by atomic mass is 9.71. The van der Waals surface area contributed by atoms with E-state index in [4.69, 9.17) is 4.74 Å². The van der Waals surface area contributed by atoms with Crippen molar-refractivity contribution in [2.24, 2.45) is 11.3 Å². The predicted octanol–water partition coefficient (Wildman–Crippen LogP) is 5.52. The third-order valence-electron chi connectivity index (χ3n) is 8.50. The number of hydrogen-bond donors (Lipinski definition) is 0. The summed E-state index contributed by atoms with van der Waals surface area (Å²) in [4.78, 5) is 7.97. The van der Waals surface area contributed by atoms with Crippen LogP contribution in [0.25, 0.3) is 0 Å². The summed E-state index contributed by atoms with van der Waals surface area (Å²) >= 11 is 0. The van der Waals surface area contributed by atoms with Crippen molar-refractivity contribution >= 4 is 11.4 Å². The third kappa shape index (κ3) is 5.28. The second kappa shape index (κ2) is 9.18. The van der Waals surface area contributed by atoms with E-state index < -0.39 is 0 Å². The van der Waals surface area contributed by atoms with Gasteiger partial charge in [0.1, 0.15) is 0 Å². The zero-order valence-electron chi connectivity index (χ0n) is 21.0. The molecule has 4 fully saturated rings. The van der Waals surface area contributed by atoms with Gasteiger partial charge in [-0.3, -0.25) is 4.90 Å². The summed E-state index contributed by atoms with van der Waals surface area (Å²) in [7, 11) is 0. The molecule has 4 aliphatic rings. The Balaban J connectivity index is 1.37. The van der Waals surface area contributed by atoms with Crippen LogP contribution in [0.3, 0.4) is 0 Å². The number of anilines is 2. The number of morpholine rings is 1. The van der Waals surface area contributed by atoms with E-state index in [0.717, 1.165) is 19.0 Å². The van der Waals surface area contributed by atoms with E-state index in [1.54, 1.807) is 5.56 Å². The number of hydrogen-bond acceptors (Lipinski definition) is 4. The van der Waals surface area contributed by atoms with Crippen molar-refractivity contribution < 1.29 is 4.74 Å². The summed E-state index contributed by atoms with van der Waals surface area (Å²) in [6.45, 7) is 17.5. The van der Waals surface area contributed by atoms with Crippen LogP contribution in [0.1, 0.15) is 77.7 Å². The zero-order chi connectivity index (χ0) is 22.3. The Morgan fingerprint density at radius 1 is 0.875 bits per heavy atom. The molecular weight excluding hydrogens is 394 g/mol. The number of rotatable bonds is 5. The number of piperazine rings is 1. The fraction of sp³-hybridized carbons (Fsp3) is 0.786. The molecule has 2 unspecified atom stereocenters. The van der Waals surface area contributed by atoms with Gasteiger partial charge in [-0.15, -0.1) is 0 Å². The Morgan fingerprint density at radius 2 is 1.53 bits per heavy atom. The number of benzene rings is 1. The molecule has 5 rings (SSSR count). The first-order valence-corrected chi connectivity index (χ1v) is 13.4. The zero-order valence-corrected chi connectivity index (χ0v) is 21.0. The fourth-order valence-electron chi connectivity index (χ4n) is 6.29. The monoisotopic (exact) mass is 439 g/mol. The highest BCUT2D eigenvalue weighted by Gasteiger charge is 2.32. The summed E-state index contributed by atoms with van der Waals surface area (Å²) in [6, 6.07) is 7.43. The van der Waals surface area contributed by atoms with Crippen molar-refractivity contribution in [3.05, 3.63) is 23.8 Å². The molecular formula is C28H45N3O. The molecule has 4 nitrogen and oxygen atoms in total. The van der Waals surface area contributed by atoms with E-state index in [2.05, 4.69) is 60.6 Å². The maximum absolute atomic E-state index is 6.01. The van der Waals surface area contributed by atoms with Crippen molar-refractivity contribution in [3.8, 4) is 0 Å². The van der Waals surface area contributed by atoms with Gasteiger partial charge in [-0.05, 0) is 93.4 Å². The Labute approximate surface area is 196 Å². The molecule has 4 heteroatoms. The van der Waals surface area contributed by atoms with Gasteiger partial charge in [0.05, 0.1) is 12.2 Å². The molecule has 0 amide bonds. The molecule has 2 heterocycles. The number of nitrogens with zero attached hydrogens (tertiary/aromatic N) is 3. The standard InChI is InChI=1S/C28H45N3O/c1-21-18-31(19-22(2)32-21)25-7-8-27(26(17-25)24-9-11-28(3,4)12-10-24)30-15-13-29(14-16-30)20-23-5-6-23/h7-8,17,21-24H,5-6,9-16,18-20H2,1-4H3. The molecule has 32 heavy (non-hydrogen) atoms. The van der Waals surface area contributed by atoms with Gasteiger partial charge in [-0.2, -0.15) is 0 Å². The fourth-order valence-corrected chi connectivity index (χ4v) is 6.29. The topological polar surface area (TPSA) is 19.0 Å². The quantitative estimate of drug-likeness (QED) is 0.601. The van der Waals surface area contributed by atoms with Crippen molar-refractivity contribution in [2.75, 3.05) is 55.6 Å². The average Bonchev–Trinajstić information content (AvgIpc) is 3.57. The predicted molar refractivity (Wildman–Crippen MR) is 135 cm³/mol. The number of ether oxygens (including phenoxy) is 1. The molecule has 0 radical (unpaired) electrons. The van der Waals surface area contributed by atoms with Gasteiger partial charge in [0.25, 0.3) is 0 Å². The van der Waals surface area contributed by atoms with Crippen LogP contribution in [0.2, 0.25) is 0 Å². The second-order valence-corrected chi connectivity index (χ2v) is 12.1. The normalized spacial score (nSPS) is 30.0. The Morgan fingerprint density at radius 3 is 2.16 bits per heavy atom. The summed E-state index contributed by atoms with van der Waals surface area (Å²) in [5, 5.41) is 0. The lowest BCUT2D eigenvalue weighted by Gasteiger charge is -2.41. The van der Waals surface area contributed by atoms with E-state index in [1.165, 1.54) is 82.6 Å². The molecule has 0 bridgehead atoms. The van der Waals surface area contributed by atoms with Crippen LogP contribution >= 0.6 is 0 Å². The molecule has 2 saturated heterocycles. The van der Waals surface area contributed by atoms with Crippen molar-refractivity contribution in [1.82, 2.24) is 4.90 Å².